The maximum Gasteiger partial charge on any atom is 0.341 e. The molecular formula is C26H30N4O4S2. The number of fused-ring (bicyclic) bond motifs is 1. The molecule has 1 aromatic carbocycles. The quantitative estimate of drug-likeness (QED) is 0.216. The Labute approximate surface area is 219 Å². The Balaban J connectivity index is 1.45. The van der Waals surface area contributed by atoms with Gasteiger partial charge in [-0.1, -0.05) is 35.5 Å². The first-order valence-corrected chi connectivity index (χ1v) is 13.6. The number of benzene rings is 1. The molecule has 0 saturated carbocycles. The number of esters is 1. The van der Waals surface area contributed by atoms with Gasteiger partial charge in [-0.2, -0.15) is 0 Å². The number of hydrogen-bond donors (Lipinski definition) is 1. The molecule has 1 aliphatic rings. The second-order valence-electron chi connectivity index (χ2n) is 8.56. The third kappa shape index (κ3) is 5.82. The first kappa shape index (κ1) is 26.0. The van der Waals surface area contributed by atoms with Crippen molar-refractivity contribution in [2.75, 3.05) is 18.2 Å². The van der Waals surface area contributed by atoms with Gasteiger partial charge in [0.2, 0.25) is 5.91 Å². The van der Waals surface area contributed by atoms with Gasteiger partial charge in [-0.05, 0) is 57.2 Å². The van der Waals surface area contributed by atoms with Gasteiger partial charge >= 0.3 is 5.97 Å². The highest BCUT2D eigenvalue weighted by Crippen LogP contribution is 2.38. The number of nitrogens with one attached hydrogen (secondary N) is 1. The van der Waals surface area contributed by atoms with Crippen molar-refractivity contribution < 1.29 is 19.1 Å². The zero-order valence-corrected chi connectivity index (χ0v) is 22.3. The lowest BCUT2D eigenvalue weighted by molar-refractivity contribution is -0.113. The molecule has 4 rings (SSSR count). The van der Waals surface area contributed by atoms with Crippen molar-refractivity contribution in [2.24, 2.45) is 0 Å². The molecule has 0 spiro atoms. The Morgan fingerprint density at radius 3 is 2.72 bits per heavy atom. The zero-order valence-electron chi connectivity index (χ0n) is 20.7. The van der Waals surface area contributed by atoms with E-state index in [9.17, 15) is 9.59 Å². The second kappa shape index (κ2) is 11.7. The molecule has 2 aromatic heterocycles. The van der Waals surface area contributed by atoms with Gasteiger partial charge in [-0.25, -0.2) is 4.79 Å². The summed E-state index contributed by atoms with van der Waals surface area (Å²) in [5, 5.41) is 12.7. The third-order valence-electron chi connectivity index (χ3n) is 5.90. The first-order valence-electron chi connectivity index (χ1n) is 11.8. The second-order valence-corrected chi connectivity index (χ2v) is 10.6. The lowest BCUT2D eigenvalue weighted by Gasteiger charge is -2.16. The average Bonchev–Trinajstić information content (AvgIpc) is 3.44. The van der Waals surface area contributed by atoms with Crippen molar-refractivity contribution >= 4 is 40.0 Å². The van der Waals surface area contributed by atoms with E-state index in [2.05, 4.69) is 22.1 Å². The summed E-state index contributed by atoms with van der Waals surface area (Å²) in [5.74, 6) is 0.885. The van der Waals surface area contributed by atoms with E-state index in [1.165, 1.54) is 30.2 Å². The summed E-state index contributed by atoms with van der Waals surface area (Å²) < 4.78 is 13.0. The molecule has 2 heterocycles. The fraction of sp³-hybridized carbons (Fsp3) is 0.385. The van der Waals surface area contributed by atoms with E-state index < -0.39 is 5.97 Å². The molecule has 0 aliphatic heterocycles. The molecule has 0 saturated heterocycles. The molecule has 1 N–H and O–H groups in total. The Morgan fingerprint density at radius 1 is 1.25 bits per heavy atom. The molecule has 1 atom stereocenters. The van der Waals surface area contributed by atoms with Gasteiger partial charge in [-0.3, -0.25) is 9.36 Å². The maximum atomic E-state index is 12.9. The van der Waals surface area contributed by atoms with Crippen LogP contribution in [0.5, 0.6) is 5.75 Å². The summed E-state index contributed by atoms with van der Waals surface area (Å²) in [6.07, 6.45) is 5.29. The number of thiophene rings is 1. The smallest absolute Gasteiger partial charge is 0.341 e. The van der Waals surface area contributed by atoms with Crippen LogP contribution in [0, 0.1) is 6.92 Å². The Kier molecular flexibility index (Phi) is 8.48. The van der Waals surface area contributed by atoms with E-state index in [4.69, 9.17) is 9.47 Å². The SMILES string of the molecule is C=CCn1c(SCC(=O)Nc2sc3c(c2C(=O)OC)CCCC3)nnc1C(C)Oc1ccc(C)cc1. The van der Waals surface area contributed by atoms with Gasteiger partial charge in [-0.15, -0.1) is 28.1 Å². The molecule has 0 bridgehead atoms. The number of aryl methyl sites for hydroxylation is 2. The van der Waals surface area contributed by atoms with Crippen LogP contribution in [0.1, 0.15) is 58.1 Å². The number of hydrogen-bond acceptors (Lipinski definition) is 8. The van der Waals surface area contributed by atoms with Crippen LogP contribution in [-0.2, 0) is 28.9 Å². The standard InChI is InChI=1S/C26H30N4O4S2/c1-5-14-30-23(17(3)34-18-12-10-16(2)11-13-18)28-29-26(30)35-15-21(31)27-24-22(25(32)33-4)19-8-6-7-9-20(19)36-24/h5,10-13,17H,1,6-9,14-15H2,2-4H3,(H,27,31). The number of aromatic nitrogens is 3. The minimum Gasteiger partial charge on any atom is -0.483 e. The molecule has 10 heteroatoms. The number of rotatable bonds is 10. The highest BCUT2D eigenvalue weighted by molar-refractivity contribution is 7.99. The predicted octanol–water partition coefficient (Wildman–Crippen LogP) is 5.37. The van der Waals surface area contributed by atoms with Gasteiger partial charge in [0, 0.05) is 11.4 Å². The van der Waals surface area contributed by atoms with E-state index in [1.807, 2.05) is 42.7 Å². The number of ether oxygens (including phenoxy) is 2. The van der Waals surface area contributed by atoms with Crippen molar-refractivity contribution in [3.63, 3.8) is 0 Å². The molecule has 0 radical (unpaired) electrons. The molecule has 1 amide bonds. The van der Waals surface area contributed by atoms with Crippen LogP contribution < -0.4 is 10.1 Å². The van der Waals surface area contributed by atoms with Crippen LogP contribution in [0.3, 0.4) is 0 Å². The van der Waals surface area contributed by atoms with E-state index in [-0.39, 0.29) is 17.8 Å². The number of nitrogens with zero attached hydrogens (tertiary/aromatic N) is 3. The summed E-state index contributed by atoms with van der Waals surface area (Å²) >= 11 is 2.75. The number of methoxy groups -OCH3 is 1. The van der Waals surface area contributed by atoms with Crippen molar-refractivity contribution in [1.29, 1.82) is 0 Å². The van der Waals surface area contributed by atoms with Crippen LogP contribution >= 0.6 is 23.1 Å². The van der Waals surface area contributed by atoms with Crippen LogP contribution in [0.4, 0.5) is 5.00 Å². The molecule has 1 unspecified atom stereocenters. The van der Waals surface area contributed by atoms with E-state index in [0.29, 0.717) is 28.1 Å². The van der Waals surface area contributed by atoms with Crippen LogP contribution in [0.25, 0.3) is 0 Å². The molecule has 1 aliphatic carbocycles. The average molecular weight is 527 g/mol. The third-order valence-corrected chi connectivity index (χ3v) is 8.07. The highest BCUT2D eigenvalue weighted by Gasteiger charge is 2.27. The summed E-state index contributed by atoms with van der Waals surface area (Å²) in [7, 11) is 1.37. The van der Waals surface area contributed by atoms with Crippen LogP contribution in [-0.4, -0.2) is 39.5 Å². The van der Waals surface area contributed by atoms with E-state index in [1.54, 1.807) is 6.08 Å². The minimum atomic E-state index is -0.407. The zero-order chi connectivity index (χ0) is 25.7. The Morgan fingerprint density at radius 2 is 2.00 bits per heavy atom. The molecular weight excluding hydrogens is 496 g/mol. The highest BCUT2D eigenvalue weighted by atomic mass is 32.2. The minimum absolute atomic E-state index is 0.117. The largest absolute Gasteiger partial charge is 0.483 e. The van der Waals surface area contributed by atoms with Crippen LogP contribution in [0.2, 0.25) is 0 Å². The van der Waals surface area contributed by atoms with Gasteiger partial charge in [0.25, 0.3) is 0 Å². The van der Waals surface area contributed by atoms with E-state index >= 15 is 0 Å². The topological polar surface area (TPSA) is 95.3 Å². The Bertz CT molecular complexity index is 1250. The van der Waals surface area contributed by atoms with Crippen LogP contribution in [0.15, 0.2) is 42.1 Å². The summed E-state index contributed by atoms with van der Waals surface area (Å²) in [6.45, 7) is 8.26. The van der Waals surface area contributed by atoms with Gasteiger partial charge in [0.1, 0.15) is 10.8 Å². The number of anilines is 1. The first-order chi connectivity index (χ1) is 17.4. The van der Waals surface area contributed by atoms with Gasteiger partial charge in [0.05, 0.1) is 18.4 Å². The molecule has 36 heavy (non-hydrogen) atoms. The fourth-order valence-corrected chi connectivity index (χ4v) is 6.20. The van der Waals surface area contributed by atoms with Gasteiger partial charge < -0.3 is 14.8 Å². The molecule has 0 fully saturated rings. The summed E-state index contributed by atoms with van der Waals surface area (Å²) in [6, 6.07) is 7.83. The van der Waals surface area contributed by atoms with Gasteiger partial charge in [0.15, 0.2) is 17.1 Å². The maximum absolute atomic E-state index is 12.9. The summed E-state index contributed by atoms with van der Waals surface area (Å²) in [4.78, 5) is 26.5. The Hall–Kier alpha value is -3.11. The molecule has 190 valence electrons. The monoisotopic (exact) mass is 526 g/mol. The lowest BCUT2D eigenvalue weighted by atomic mass is 9.95. The number of amides is 1. The van der Waals surface area contributed by atoms with E-state index in [0.717, 1.165) is 47.4 Å². The number of allylic oxidation sites excluding steroid dienone is 1. The number of carbonyl (C=O) groups is 2. The molecule has 8 nitrogen and oxygen atoms in total. The number of carbonyl (C=O) groups excluding carboxylic acids is 2. The normalized spacial score (nSPS) is 13.5. The summed E-state index contributed by atoms with van der Waals surface area (Å²) in [5.41, 5.74) is 2.66. The van der Waals surface area contributed by atoms with Crippen molar-refractivity contribution in [3.05, 3.63) is 64.3 Å². The predicted molar refractivity (Wildman–Crippen MR) is 142 cm³/mol. The fourth-order valence-electron chi connectivity index (χ4n) is 4.15. The molecule has 3 aromatic rings. The number of thioether (sulfide) groups is 1. The van der Waals surface area contributed by atoms with Crippen molar-refractivity contribution in [3.8, 4) is 5.75 Å². The van der Waals surface area contributed by atoms with Crippen molar-refractivity contribution in [2.45, 2.75) is 57.3 Å². The lowest BCUT2D eigenvalue weighted by Crippen LogP contribution is -2.17. The van der Waals surface area contributed by atoms with Crippen molar-refractivity contribution in [1.82, 2.24) is 14.8 Å².